The molecule has 1 N–H and O–H groups in total. The summed E-state index contributed by atoms with van der Waals surface area (Å²) >= 11 is 0. The number of carbonyl (C=O) groups excluding carboxylic acids is 1. The molecule has 2 aromatic carbocycles. The average Bonchev–Trinajstić information content (AvgIpc) is 2.99. The minimum absolute atomic E-state index is 0.196. The zero-order valence-electron chi connectivity index (χ0n) is 15.5. The fourth-order valence-electron chi connectivity index (χ4n) is 3.04. The number of fused-ring (bicyclic) bond motifs is 1. The minimum Gasteiger partial charge on any atom is -0.493 e. The lowest BCUT2D eigenvalue weighted by Gasteiger charge is -2.14. The number of methoxy groups -OCH3 is 1. The molecule has 0 radical (unpaired) electrons. The van der Waals surface area contributed by atoms with Crippen LogP contribution in [0.4, 0.5) is 0 Å². The van der Waals surface area contributed by atoms with Crippen LogP contribution < -0.4 is 14.8 Å². The molecule has 26 heavy (non-hydrogen) atoms. The Balaban J connectivity index is 1.81. The molecule has 3 aromatic rings. The Morgan fingerprint density at radius 1 is 1.19 bits per heavy atom. The number of hydrogen-bond acceptors (Lipinski definition) is 4. The summed E-state index contributed by atoms with van der Waals surface area (Å²) in [6.45, 7) is 6.35. The first-order valence-electron chi connectivity index (χ1n) is 8.64. The Kier molecular flexibility index (Phi) is 5.16. The van der Waals surface area contributed by atoms with Gasteiger partial charge in [-0.3, -0.25) is 4.79 Å². The van der Waals surface area contributed by atoms with Gasteiger partial charge in [-0.25, -0.2) is 0 Å². The van der Waals surface area contributed by atoms with Crippen molar-refractivity contribution in [3.8, 4) is 11.5 Å². The van der Waals surface area contributed by atoms with Crippen LogP contribution in [-0.2, 0) is 0 Å². The van der Waals surface area contributed by atoms with E-state index in [-0.39, 0.29) is 11.9 Å². The van der Waals surface area contributed by atoms with Crippen LogP contribution in [-0.4, -0.2) is 19.6 Å². The van der Waals surface area contributed by atoms with Gasteiger partial charge in [-0.05, 0) is 45.0 Å². The first kappa shape index (κ1) is 17.9. The third-order valence-electron chi connectivity index (χ3n) is 4.35. The molecule has 1 unspecified atom stereocenters. The molecular formula is C21H23NO4. The highest BCUT2D eigenvalue weighted by Gasteiger charge is 2.19. The fourth-order valence-corrected chi connectivity index (χ4v) is 3.04. The fraction of sp³-hybridized carbons (Fsp3) is 0.286. The van der Waals surface area contributed by atoms with E-state index in [9.17, 15) is 4.79 Å². The van der Waals surface area contributed by atoms with Crippen molar-refractivity contribution in [2.45, 2.75) is 26.8 Å². The van der Waals surface area contributed by atoms with E-state index in [4.69, 9.17) is 13.9 Å². The number of aryl methyl sites for hydroxylation is 1. The molecule has 0 saturated heterocycles. The zero-order valence-corrected chi connectivity index (χ0v) is 15.5. The van der Waals surface area contributed by atoms with Crippen molar-refractivity contribution in [2.24, 2.45) is 0 Å². The van der Waals surface area contributed by atoms with Crippen molar-refractivity contribution >= 4 is 16.9 Å². The van der Waals surface area contributed by atoms with Crippen LogP contribution in [0.5, 0.6) is 11.5 Å². The summed E-state index contributed by atoms with van der Waals surface area (Å²) < 4.78 is 16.7. The van der Waals surface area contributed by atoms with Gasteiger partial charge in [0.25, 0.3) is 5.91 Å². The number of para-hydroxylation sites is 1. The minimum atomic E-state index is -0.257. The lowest BCUT2D eigenvalue weighted by molar-refractivity contribution is 0.0935. The molecule has 136 valence electrons. The summed E-state index contributed by atoms with van der Waals surface area (Å²) in [7, 11) is 1.56. The van der Waals surface area contributed by atoms with Gasteiger partial charge in [0.05, 0.1) is 19.8 Å². The lowest BCUT2D eigenvalue weighted by atomic mass is 10.1. The van der Waals surface area contributed by atoms with Gasteiger partial charge in [-0.2, -0.15) is 0 Å². The van der Waals surface area contributed by atoms with Crippen LogP contribution in [0.2, 0.25) is 0 Å². The first-order chi connectivity index (χ1) is 12.5. The van der Waals surface area contributed by atoms with Crippen molar-refractivity contribution in [2.75, 3.05) is 13.7 Å². The van der Waals surface area contributed by atoms with Crippen LogP contribution in [0.25, 0.3) is 11.0 Å². The maximum Gasteiger partial charge on any atom is 0.252 e. The molecule has 3 rings (SSSR count). The standard InChI is InChI=1S/C21H23NO4/c1-5-25-18-11-10-15(12-19(18)24-4)21(23)22-14(3)20-13(2)16-8-6-7-9-17(16)26-20/h6-12,14H,5H2,1-4H3,(H,22,23). The van der Waals surface area contributed by atoms with E-state index in [0.717, 1.165) is 22.3 Å². The van der Waals surface area contributed by atoms with Gasteiger partial charge in [0.15, 0.2) is 11.5 Å². The van der Waals surface area contributed by atoms with Crippen LogP contribution in [0.15, 0.2) is 46.9 Å². The van der Waals surface area contributed by atoms with E-state index in [0.29, 0.717) is 23.7 Å². The number of hydrogen-bond donors (Lipinski definition) is 1. The number of amides is 1. The molecule has 0 bridgehead atoms. The molecule has 0 fully saturated rings. The largest absolute Gasteiger partial charge is 0.493 e. The highest BCUT2D eigenvalue weighted by Crippen LogP contribution is 2.30. The average molecular weight is 353 g/mol. The second-order valence-electron chi connectivity index (χ2n) is 6.08. The zero-order chi connectivity index (χ0) is 18.7. The van der Waals surface area contributed by atoms with Gasteiger partial charge in [0, 0.05) is 16.5 Å². The molecule has 0 aliphatic rings. The summed E-state index contributed by atoms with van der Waals surface area (Å²) in [6, 6.07) is 12.7. The van der Waals surface area contributed by atoms with Crippen molar-refractivity contribution in [3.63, 3.8) is 0 Å². The first-order valence-corrected chi connectivity index (χ1v) is 8.64. The van der Waals surface area contributed by atoms with Crippen molar-refractivity contribution in [1.82, 2.24) is 5.32 Å². The molecule has 5 heteroatoms. The van der Waals surface area contributed by atoms with Crippen molar-refractivity contribution < 1.29 is 18.7 Å². The Bertz CT molecular complexity index is 929. The molecule has 1 aromatic heterocycles. The topological polar surface area (TPSA) is 60.7 Å². The summed E-state index contributed by atoms with van der Waals surface area (Å²) in [4.78, 5) is 12.6. The summed E-state index contributed by atoms with van der Waals surface area (Å²) in [5.41, 5.74) is 2.37. The number of benzene rings is 2. The van der Waals surface area contributed by atoms with Crippen LogP contribution in [0.3, 0.4) is 0 Å². The number of ether oxygens (including phenoxy) is 2. The number of nitrogens with one attached hydrogen (secondary N) is 1. The summed E-state index contributed by atoms with van der Waals surface area (Å²) in [5.74, 6) is 1.72. The van der Waals surface area contributed by atoms with Crippen molar-refractivity contribution in [3.05, 3.63) is 59.4 Å². The number of rotatable bonds is 6. The maximum absolute atomic E-state index is 12.6. The van der Waals surface area contributed by atoms with Gasteiger partial charge in [-0.15, -0.1) is 0 Å². The molecule has 0 aliphatic heterocycles. The molecule has 1 heterocycles. The van der Waals surface area contributed by atoms with Crippen LogP contribution in [0.1, 0.15) is 41.6 Å². The Labute approximate surface area is 152 Å². The Morgan fingerprint density at radius 3 is 2.65 bits per heavy atom. The second-order valence-corrected chi connectivity index (χ2v) is 6.08. The molecule has 5 nitrogen and oxygen atoms in total. The third kappa shape index (κ3) is 3.38. The van der Waals surface area contributed by atoms with Gasteiger partial charge >= 0.3 is 0 Å². The summed E-state index contributed by atoms with van der Waals surface area (Å²) in [5, 5.41) is 4.05. The van der Waals surface area contributed by atoms with Gasteiger partial charge in [-0.1, -0.05) is 18.2 Å². The van der Waals surface area contributed by atoms with Crippen LogP contribution in [0, 0.1) is 6.92 Å². The molecular weight excluding hydrogens is 330 g/mol. The maximum atomic E-state index is 12.6. The molecule has 0 aliphatic carbocycles. The van der Waals surface area contributed by atoms with E-state index in [2.05, 4.69) is 5.32 Å². The molecule has 0 spiro atoms. The van der Waals surface area contributed by atoms with Crippen LogP contribution >= 0.6 is 0 Å². The second kappa shape index (κ2) is 7.52. The number of carbonyl (C=O) groups is 1. The monoisotopic (exact) mass is 353 g/mol. The highest BCUT2D eigenvalue weighted by atomic mass is 16.5. The summed E-state index contributed by atoms with van der Waals surface area (Å²) in [6.07, 6.45) is 0. The molecule has 1 amide bonds. The SMILES string of the molecule is CCOc1ccc(C(=O)NC(C)c2oc3ccccc3c2C)cc1OC. The predicted molar refractivity (Wildman–Crippen MR) is 101 cm³/mol. The smallest absolute Gasteiger partial charge is 0.252 e. The normalized spacial score (nSPS) is 12.0. The van der Waals surface area contributed by atoms with E-state index in [1.807, 2.05) is 45.0 Å². The highest BCUT2D eigenvalue weighted by molar-refractivity contribution is 5.95. The Morgan fingerprint density at radius 2 is 1.96 bits per heavy atom. The quantitative estimate of drug-likeness (QED) is 0.701. The van der Waals surface area contributed by atoms with E-state index < -0.39 is 0 Å². The Hall–Kier alpha value is -2.95. The number of furan rings is 1. The molecule has 0 saturated carbocycles. The van der Waals surface area contributed by atoms with E-state index in [1.54, 1.807) is 25.3 Å². The van der Waals surface area contributed by atoms with Crippen molar-refractivity contribution in [1.29, 1.82) is 0 Å². The predicted octanol–water partition coefficient (Wildman–Crippen LogP) is 4.64. The van der Waals surface area contributed by atoms with Gasteiger partial charge in [0.1, 0.15) is 11.3 Å². The van der Waals surface area contributed by atoms with E-state index >= 15 is 0 Å². The third-order valence-corrected chi connectivity index (χ3v) is 4.35. The van der Waals surface area contributed by atoms with Gasteiger partial charge in [0.2, 0.25) is 0 Å². The van der Waals surface area contributed by atoms with Gasteiger partial charge < -0.3 is 19.2 Å². The lowest BCUT2D eigenvalue weighted by Crippen LogP contribution is -2.26. The van der Waals surface area contributed by atoms with E-state index in [1.165, 1.54) is 0 Å². The molecule has 1 atom stereocenters.